The number of nitrogens with zero attached hydrogens (tertiary/aromatic N) is 1. The number of pyridine rings is 1. The molecule has 1 amide bonds. The van der Waals surface area contributed by atoms with E-state index in [2.05, 4.69) is 10.3 Å². The summed E-state index contributed by atoms with van der Waals surface area (Å²) in [6, 6.07) is 1.37. The number of aromatic nitrogens is 1. The van der Waals surface area contributed by atoms with Gasteiger partial charge in [0.15, 0.2) is 9.84 Å². The first-order chi connectivity index (χ1) is 9.85. The molecule has 0 aromatic carbocycles. The summed E-state index contributed by atoms with van der Waals surface area (Å²) in [6.45, 7) is 1.84. The lowest BCUT2D eigenvalue weighted by atomic mass is 10.2. The van der Waals surface area contributed by atoms with Gasteiger partial charge in [0.1, 0.15) is 6.04 Å². The van der Waals surface area contributed by atoms with Crippen molar-refractivity contribution >= 4 is 21.7 Å². The Kier molecular flexibility index (Phi) is 6.29. The van der Waals surface area contributed by atoms with Gasteiger partial charge in [0.25, 0.3) is 5.91 Å². The quantitative estimate of drug-likeness (QED) is 0.721. The number of carboxylic acid groups (broad SMARTS) is 1. The maximum absolute atomic E-state index is 11.9. The SMILES string of the molecule is CCCCS(=O)(=O)C[C@@H](NC(=O)c1ccncc1)C(=O)O. The zero-order chi connectivity index (χ0) is 15.9. The fourth-order valence-corrected chi connectivity index (χ4v) is 3.25. The largest absolute Gasteiger partial charge is 0.480 e. The summed E-state index contributed by atoms with van der Waals surface area (Å²) in [7, 11) is -3.52. The highest BCUT2D eigenvalue weighted by atomic mass is 32.2. The molecule has 0 bridgehead atoms. The minimum Gasteiger partial charge on any atom is -0.480 e. The second-order valence-electron chi connectivity index (χ2n) is 4.57. The highest BCUT2D eigenvalue weighted by molar-refractivity contribution is 7.91. The first-order valence-electron chi connectivity index (χ1n) is 6.50. The molecule has 0 radical (unpaired) electrons. The number of carboxylic acids is 1. The third-order valence-electron chi connectivity index (χ3n) is 2.78. The van der Waals surface area contributed by atoms with Crippen LogP contribution in [0.2, 0.25) is 0 Å². The van der Waals surface area contributed by atoms with Crippen LogP contribution in [0.4, 0.5) is 0 Å². The highest BCUT2D eigenvalue weighted by Crippen LogP contribution is 2.03. The van der Waals surface area contributed by atoms with Crippen molar-refractivity contribution in [2.24, 2.45) is 0 Å². The van der Waals surface area contributed by atoms with Crippen LogP contribution in [0.15, 0.2) is 24.5 Å². The lowest BCUT2D eigenvalue weighted by molar-refractivity contribution is -0.138. The summed E-state index contributed by atoms with van der Waals surface area (Å²) in [4.78, 5) is 26.7. The number of carbonyl (C=O) groups excluding carboxylic acids is 1. The second-order valence-corrected chi connectivity index (χ2v) is 6.80. The van der Waals surface area contributed by atoms with Gasteiger partial charge < -0.3 is 10.4 Å². The third-order valence-corrected chi connectivity index (χ3v) is 4.53. The zero-order valence-electron chi connectivity index (χ0n) is 11.7. The number of rotatable bonds is 8. The Balaban J connectivity index is 2.75. The lowest BCUT2D eigenvalue weighted by Crippen LogP contribution is -2.45. The van der Waals surface area contributed by atoms with Crippen LogP contribution in [-0.2, 0) is 14.6 Å². The topological polar surface area (TPSA) is 113 Å². The van der Waals surface area contributed by atoms with E-state index in [0.717, 1.165) is 0 Å². The van der Waals surface area contributed by atoms with Gasteiger partial charge in [0.05, 0.1) is 11.5 Å². The first kappa shape index (κ1) is 17.1. The van der Waals surface area contributed by atoms with Crippen molar-refractivity contribution in [3.05, 3.63) is 30.1 Å². The molecule has 1 heterocycles. The van der Waals surface area contributed by atoms with E-state index in [1.165, 1.54) is 24.5 Å². The molecule has 0 aliphatic rings. The van der Waals surface area contributed by atoms with Crippen molar-refractivity contribution in [3.8, 4) is 0 Å². The van der Waals surface area contributed by atoms with E-state index in [-0.39, 0.29) is 11.3 Å². The van der Waals surface area contributed by atoms with E-state index in [0.29, 0.717) is 12.8 Å². The van der Waals surface area contributed by atoms with E-state index in [1.807, 2.05) is 6.92 Å². The zero-order valence-corrected chi connectivity index (χ0v) is 12.5. The van der Waals surface area contributed by atoms with Crippen LogP contribution >= 0.6 is 0 Å². The van der Waals surface area contributed by atoms with Crippen molar-refractivity contribution in [3.63, 3.8) is 0 Å². The van der Waals surface area contributed by atoms with Crippen LogP contribution in [0.1, 0.15) is 30.1 Å². The number of hydrogen-bond donors (Lipinski definition) is 2. The van der Waals surface area contributed by atoms with Crippen molar-refractivity contribution in [1.82, 2.24) is 10.3 Å². The van der Waals surface area contributed by atoms with Crippen molar-refractivity contribution in [1.29, 1.82) is 0 Å². The Morgan fingerprint density at radius 1 is 1.33 bits per heavy atom. The molecule has 0 unspecified atom stereocenters. The molecule has 7 nitrogen and oxygen atoms in total. The van der Waals surface area contributed by atoms with Gasteiger partial charge in [-0.1, -0.05) is 13.3 Å². The third kappa shape index (κ3) is 5.90. The summed E-state index contributed by atoms with van der Waals surface area (Å²) < 4.78 is 23.6. The summed E-state index contributed by atoms with van der Waals surface area (Å²) in [5, 5.41) is 11.3. The molecular weight excluding hydrogens is 296 g/mol. The van der Waals surface area contributed by atoms with E-state index < -0.39 is 33.5 Å². The Morgan fingerprint density at radius 2 is 1.95 bits per heavy atom. The van der Waals surface area contributed by atoms with Gasteiger partial charge in [-0.3, -0.25) is 9.78 Å². The van der Waals surface area contributed by atoms with Gasteiger partial charge in [-0.05, 0) is 18.6 Å². The Hall–Kier alpha value is -1.96. The van der Waals surface area contributed by atoms with Crippen molar-refractivity contribution < 1.29 is 23.1 Å². The predicted octanol–water partition coefficient (Wildman–Crippen LogP) is 0.479. The van der Waals surface area contributed by atoms with Gasteiger partial charge in [-0.25, -0.2) is 13.2 Å². The molecule has 21 heavy (non-hydrogen) atoms. The number of hydrogen-bond acceptors (Lipinski definition) is 5. The molecule has 1 rings (SSSR count). The Bertz CT molecular complexity index is 586. The molecule has 116 valence electrons. The molecule has 8 heteroatoms. The molecule has 0 fully saturated rings. The van der Waals surface area contributed by atoms with Gasteiger partial charge >= 0.3 is 5.97 Å². The average Bonchev–Trinajstić information content (AvgIpc) is 2.45. The van der Waals surface area contributed by atoms with Crippen LogP contribution in [0.5, 0.6) is 0 Å². The van der Waals surface area contributed by atoms with Crippen LogP contribution in [0, 0.1) is 0 Å². The van der Waals surface area contributed by atoms with Crippen LogP contribution in [0.3, 0.4) is 0 Å². The predicted molar refractivity (Wildman–Crippen MR) is 76.7 cm³/mol. The van der Waals surface area contributed by atoms with Crippen LogP contribution in [-0.4, -0.2) is 47.9 Å². The van der Waals surface area contributed by atoms with Crippen molar-refractivity contribution in [2.75, 3.05) is 11.5 Å². The molecule has 0 aliphatic heterocycles. The molecule has 2 N–H and O–H groups in total. The van der Waals surface area contributed by atoms with E-state index >= 15 is 0 Å². The number of amides is 1. The first-order valence-corrected chi connectivity index (χ1v) is 8.32. The molecule has 0 saturated heterocycles. The molecule has 0 spiro atoms. The van der Waals surface area contributed by atoms with E-state index in [1.54, 1.807) is 0 Å². The van der Waals surface area contributed by atoms with Gasteiger partial charge in [0.2, 0.25) is 0 Å². The maximum Gasteiger partial charge on any atom is 0.327 e. The van der Waals surface area contributed by atoms with Gasteiger partial charge in [-0.2, -0.15) is 0 Å². The Morgan fingerprint density at radius 3 is 2.48 bits per heavy atom. The monoisotopic (exact) mass is 314 g/mol. The van der Waals surface area contributed by atoms with E-state index in [4.69, 9.17) is 5.11 Å². The minimum absolute atomic E-state index is 0.0849. The summed E-state index contributed by atoms with van der Waals surface area (Å²) in [6.07, 6.45) is 3.94. The number of sulfone groups is 1. The normalized spacial score (nSPS) is 12.6. The van der Waals surface area contributed by atoms with Crippen LogP contribution < -0.4 is 5.32 Å². The summed E-state index contributed by atoms with van der Waals surface area (Å²) in [5.41, 5.74) is 0.224. The van der Waals surface area contributed by atoms with Crippen LogP contribution in [0.25, 0.3) is 0 Å². The van der Waals surface area contributed by atoms with E-state index in [9.17, 15) is 18.0 Å². The number of nitrogens with one attached hydrogen (secondary N) is 1. The Labute approximate surface area is 123 Å². The molecule has 1 aromatic heterocycles. The fraction of sp³-hybridized carbons (Fsp3) is 0.462. The number of unbranched alkanes of at least 4 members (excludes halogenated alkanes) is 1. The molecular formula is C13H18N2O5S. The fourth-order valence-electron chi connectivity index (χ4n) is 1.62. The number of aliphatic carboxylic acids is 1. The molecule has 1 aromatic rings. The number of carbonyl (C=O) groups is 2. The van der Waals surface area contributed by atoms with Gasteiger partial charge in [0, 0.05) is 18.0 Å². The molecule has 0 aliphatic carbocycles. The molecule has 1 atom stereocenters. The lowest BCUT2D eigenvalue weighted by Gasteiger charge is -2.14. The highest BCUT2D eigenvalue weighted by Gasteiger charge is 2.26. The van der Waals surface area contributed by atoms with Gasteiger partial charge in [-0.15, -0.1) is 0 Å². The smallest absolute Gasteiger partial charge is 0.327 e. The average molecular weight is 314 g/mol. The maximum atomic E-state index is 11.9. The van der Waals surface area contributed by atoms with Crippen molar-refractivity contribution in [2.45, 2.75) is 25.8 Å². The minimum atomic E-state index is -3.52. The standard InChI is InChI=1S/C13H18N2O5S/c1-2-3-8-21(19,20)9-11(13(17)18)15-12(16)10-4-6-14-7-5-10/h4-7,11H,2-3,8-9H2,1H3,(H,15,16)(H,17,18)/t11-/m1/s1. The second kappa shape index (κ2) is 7.72. The molecule has 0 saturated carbocycles. The summed E-state index contributed by atoms with van der Waals surface area (Å²) >= 11 is 0. The summed E-state index contributed by atoms with van der Waals surface area (Å²) in [5.74, 6) is -2.72.